The third-order valence-electron chi connectivity index (χ3n) is 9.90. The van der Waals surface area contributed by atoms with Gasteiger partial charge in [-0.3, -0.25) is 4.79 Å². The molecule has 0 aromatic heterocycles. The van der Waals surface area contributed by atoms with Gasteiger partial charge in [-0.15, -0.1) is 0 Å². The highest BCUT2D eigenvalue weighted by Crippen LogP contribution is 2.37. The van der Waals surface area contributed by atoms with Gasteiger partial charge in [0.2, 0.25) is 8.32 Å². The molecule has 54 heavy (non-hydrogen) atoms. The first-order valence-corrected chi connectivity index (χ1v) is 21.4. The van der Waals surface area contributed by atoms with Crippen LogP contribution in [0, 0.1) is 0 Å². The number of rotatable bonds is 10. The monoisotopic (exact) mass is 754 g/mol. The molecule has 0 radical (unpaired) electrons. The van der Waals surface area contributed by atoms with Crippen molar-refractivity contribution in [3.8, 4) is 17.2 Å². The van der Waals surface area contributed by atoms with Crippen molar-refractivity contribution in [3.05, 3.63) is 102 Å². The van der Waals surface area contributed by atoms with Gasteiger partial charge in [0.05, 0.1) is 13.2 Å². The second-order valence-electron chi connectivity index (χ2n) is 16.3. The number of hydrogen-bond donors (Lipinski definition) is 1. The lowest BCUT2D eigenvalue weighted by Gasteiger charge is -2.36. The van der Waals surface area contributed by atoms with Crippen LogP contribution in [-0.4, -0.2) is 69.1 Å². The largest absolute Gasteiger partial charge is 0.544 e. The Balaban J connectivity index is 1.37. The van der Waals surface area contributed by atoms with Crippen LogP contribution in [0.15, 0.2) is 84.9 Å². The summed E-state index contributed by atoms with van der Waals surface area (Å²) in [4.78, 5) is 42.6. The van der Waals surface area contributed by atoms with E-state index in [1.165, 1.54) is 7.11 Å². The molecule has 1 aliphatic rings. The molecule has 2 amide bonds. The molecule has 5 rings (SSSR count). The zero-order chi connectivity index (χ0) is 39.3. The minimum absolute atomic E-state index is 0.0196. The highest BCUT2D eigenvalue weighted by Gasteiger charge is 2.39. The predicted octanol–water partition coefficient (Wildman–Crippen LogP) is 9.17. The number of likely N-dealkylation sites (tertiary alicyclic amines) is 1. The topological polar surface area (TPSA) is 113 Å². The molecule has 4 aromatic rings. The molecular weight excluding hydrogens is 701 g/mol. The van der Waals surface area contributed by atoms with Crippen LogP contribution in [0.2, 0.25) is 18.1 Å². The Morgan fingerprint density at radius 1 is 0.852 bits per heavy atom. The maximum absolute atomic E-state index is 14.0. The number of hydrogen-bond acceptors (Lipinski definition) is 8. The van der Waals surface area contributed by atoms with Crippen molar-refractivity contribution in [1.82, 2.24) is 10.2 Å². The minimum Gasteiger partial charge on any atom is -0.544 e. The van der Waals surface area contributed by atoms with E-state index in [4.69, 9.17) is 23.4 Å². The van der Waals surface area contributed by atoms with E-state index < -0.39 is 38.1 Å². The van der Waals surface area contributed by atoms with Crippen LogP contribution in [-0.2, 0) is 16.1 Å². The van der Waals surface area contributed by atoms with Gasteiger partial charge in [-0.25, -0.2) is 9.59 Å². The van der Waals surface area contributed by atoms with E-state index in [0.717, 1.165) is 16.3 Å². The zero-order valence-corrected chi connectivity index (χ0v) is 34.0. The molecule has 2 atom stereocenters. The first-order valence-electron chi connectivity index (χ1n) is 18.5. The number of benzene rings is 4. The quantitative estimate of drug-likeness (QED) is 0.126. The maximum atomic E-state index is 14.0. The van der Waals surface area contributed by atoms with E-state index >= 15 is 0 Å². The first kappa shape index (κ1) is 40.2. The molecule has 0 saturated carbocycles. The lowest BCUT2D eigenvalue weighted by atomic mass is 10.0. The van der Waals surface area contributed by atoms with Crippen LogP contribution in [0.5, 0.6) is 17.2 Å². The summed E-state index contributed by atoms with van der Waals surface area (Å²) < 4.78 is 30.0. The summed E-state index contributed by atoms with van der Waals surface area (Å²) in [7, 11) is -0.570. The van der Waals surface area contributed by atoms with E-state index in [1.807, 2.05) is 48.5 Å². The van der Waals surface area contributed by atoms with Crippen molar-refractivity contribution >= 4 is 37.1 Å². The fraction of sp³-hybridized carbons (Fsp3) is 0.419. The molecular formula is C43H54N2O8Si. The molecule has 1 aliphatic heterocycles. The number of fused-ring (bicyclic) bond motifs is 1. The van der Waals surface area contributed by atoms with E-state index in [9.17, 15) is 14.4 Å². The Morgan fingerprint density at radius 2 is 1.54 bits per heavy atom. The van der Waals surface area contributed by atoms with Gasteiger partial charge < -0.3 is 33.6 Å². The van der Waals surface area contributed by atoms with Gasteiger partial charge in [-0.1, -0.05) is 57.2 Å². The third-order valence-corrected chi connectivity index (χ3v) is 14.3. The summed E-state index contributed by atoms with van der Waals surface area (Å²) in [6.45, 7) is 17.1. The Hall–Kier alpha value is -5.03. The van der Waals surface area contributed by atoms with Crippen molar-refractivity contribution in [1.29, 1.82) is 0 Å². The fourth-order valence-corrected chi connectivity index (χ4v) is 6.92. The molecule has 0 unspecified atom stereocenters. The number of amides is 2. The second kappa shape index (κ2) is 16.5. The molecule has 1 N–H and O–H groups in total. The van der Waals surface area contributed by atoms with Crippen LogP contribution >= 0.6 is 0 Å². The highest BCUT2D eigenvalue weighted by molar-refractivity contribution is 6.74. The smallest absolute Gasteiger partial charge is 0.410 e. The molecule has 288 valence electrons. The number of ether oxygens (including phenoxy) is 4. The Labute approximate surface area is 320 Å². The molecule has 0 aliphatic carbocycles. The lowest BCUT2D eigenvalue weighted by molar-refractivity contribution is 0.0125. The van der Waals surface area contributed by atoms with Crippen molar-refractivity contribution in [2.75, 3.05) is 20.2 Å². The summed E-state index contributed by atoms with van der Waals surface area (Å²) in [6, 6.07) is 25.4. The van der Waals surface area contributed by atoms with E-state index in [1.54, 1.807) is 62.1 Å². The van der Waals surface area contributed by atoms with Crippen molar-refractivity contribution in [3.63, 3.8) is 0 Å². The SMILES string of the molecule is COc1cc2ccc(OCc3ccccc3)cc2cc1C(=O)O[C@@H]1CCCN(C(=O)OC(C)(C)C)C[C@H]1NC(=O)c1ccc(O[Si](C)(C)C(C)(C)C)cc1. The number of carbonyl (C=O) groups excluding carboxylic acids is 3. The standard InChI is InChI=1S/C43H54N2O8Si/c1-42(2,3)52-41(48)45-23-13-16-37(36(27-45)44-39(46)30-17-20-33(21-18-30)53-54(8,9)43(4,5)6)51-40(47)35-25-32-24-34(22-19-31(32)26-38(35)49-7)50-28-29-14-11-10-12-15-29/h10-12,14-15,17-22,24-26,36-37H,13,16,23,27-28H2,1-9H3,(H,44,46)/t36-,37-/m1/s1. The highest BCUT2D eigenvalue weighted by atomic mass is 28.4. The van der Waals surface area contributed by atoms with Gasteiger partial charge >= 0.3 is 12.1 Å². The Kier molecular flexibility index (Phi) is 12.3. The Bertz CT molecular complexity index is 1930. The van der Waals surface area contributed by atoms with Gasteiger partial charge in [0, 0.05) is 18.7 Å². The van der Waals surface area contributed by atoms with E-state index in [-0.39, 0.29) is 23.1 Å². The predicted molar refractivity (Wildman–Crippen MR) is 213 cm³/mol. The Morgan fingerprint density at radius 3 is 2.19 bits per heavy atom. The van der Waals surface area contributed by atoms with Crippen LogP contribution in [0.1, 0.15) is 80.7 Å². The van der Waals surface area contributed by atoms with Gasteiger partial charge in [0.25, 0.3) is 5.91 Å². The van der Waals surface area contributed by atoms with Gasteiger partial charge in [-0.05, 0) is 117 Å². The molecule has 0 spiro atoms. The number of methoxy groups -OCH3 is 1. The number of esters is 1. The summed E-state index contributed by atoms with van der Waals surface area (Å²) in [5.74, 6) is 0.748. The summed E-state index contributed by atoms with van der Waals surface area (Å²) in [6.07, 6.45) is -0.318. The summed E-state index contributed by atoms with van der Waals surface area (Å²) in [5.41, 5.74) is 0.985. The first-order chi connectivity index (χ1) is 25.4. The van der Waals surface area contributed by atoms with E-state index in [2.05, 4.69) is 39.2 Å². The van der Waals surface area contributed by atoms with Gasteiger partial charge in [0.1, 0.15) is 41.1 Å². The van der Waals surface area contributed by atoms with Crippen LogP contribution in [0.25, 0.3) is 10.8 Å². The molecule has 4 aromatic carbocycles. The zero-order valence-electron chi connectivity index (χ0n) is 33.0. The number of carbonyl (C=O) groups is 3. The van der Waals surface area contributed by atoms with Crippen LogP contribution < -0.4 is 19.2 Å². The lowest BCUT2D eigenvalue weighted by Crippen LogP contribution is -2.51. The van der Waals surface area contributed by atoms with E-state index in [0.29, 0.717) is 48.8 Å². The van der Waals surface area contributed by atoms with Crippen LogP contribution in [0.3, 0.4) is 0 Å². The molecule has 11 heteroatoms. The number of nitrogens with zero attached hydrogens (tertiary/aromatic N) is 1. The van der Waals surface area contributed by atoms with Crippen molar-refractivity contribution in [2.45, 2.75) is 96.9 Å². The second-order valence-corrected chi connectivity index (χ2v) is 21.0. The summed E-state index contributed by atoms with van der Waals surface area (Å²) in [5, 5.41) is 4.73. The molecule has 10 nitrogen and oxygen atoms in total. The minimum atomic E-state index is -2.08. The maximum Gasteiger partial charge on any atom is 0.410 e. The molecule has 1 saturated heterocycles. The number of nitrogens with one attached hydrogen (secondary N) is 1. The van der Waals surface area contributed by atoms with Gasteiger partial charge in [0.15, 0.2) is 0 Å². The molecule has 1 fully saturated rings. The van der Waals surface area contributed by atoms with Crippen molar-refractivity contribution in [2.24, 2.45) is 0 Å². The van der Waals surface area contributed by atoms with Crippen molar-refractivity contribution < 1.29 is 37.8 Å². The summed E-state index contributed by atoms with van der Waals surface area (Å²) >= 11 is 0. The molecule has 1 heterocycles. The van der Waals surface area contributed by atoms with Crippen LogP contribution in [0.4, 0.5) is 4.79 Å². The fourth-order valence-electron chi connectivity index (χ4n) is 5.89. The third kappa shape index (κ3) is 10.3. The molecule has 0 bridgehead atoms. The average molecular weight is 755 g/mol. The average Bonchev–Trinajstić information content (AvgIpc) is 3.31. The van der Waals surface area contributed by atoms with Gasteiger partial charge in [-0.2, -0.15) is 0 Å². The normalized spacial score (nSPS) is 16.6.